The number of nitrogens with zero attached hydrogens (tertiary/aromatic N) is 1. The van der Waals surface area contributed by atoms with E-state index in [-0.39, 0.29) is 32.4 Å². The standard InChI is InChI=1S/C17H8Cl2F3NO3S/c18-11-5-8(6-12(19)14(11)24)7-13-15(25)23(16(27)26-13)10-3-1-9(2-4-10)17(20,21)22/h1-7,24H/b13-7+. The van der Waals surface area contributed by atoms with Crippen molar-refractivity contribution in [2.24, 2.45) is 0 Å². The second kappa shape index (κ2) is 7.03. The van der Waals surface area contributed by atoms with Crippen LogP contribution >= 0.6 is 35.4 Å². The van der Waals surface area contributed by atoms with Crippen molar-refractivity contribution in [3.63, 3.8) is 0 Å². The van der Waals surface area contributed by atoms with Crippen molar-refractivity contribution in [2.45, 2.75) is 6.18 Å². The minimum atomic E-state index is -4.49. The van der Waals surface area contributed by atoms with E-state index in [9.17, 15) is 23.1 Å². The number of anilines is 1. The van der Waals surface area contributed by atoms with E-state index < -0.39 is 17.6 Å². The SMILES string of the molecule is O=C1/C(=C\c2cc(Cl)c(O)c(Cl)c2)OC(=S)N1c1ccc(C(F)(F)F)cc1. The monoisotopic (exact) mass is 433 g/mol. The molecule has 4 nitrogen and oxygen atoms in total. The molecule has 2 aromatic carbocycles. The van der Waals surface area contributed by atoms with Crippen LogP contribution in [0.3, 0.4) is 0 Å². The Kier molecular flexibility index (Phi) is 5.07. The first-order chi connectivity index (χ1) is 12.6. The summed E-state index contributed by atoms with van der Waals surface area (Å²) in [5, 5.41) is 9.28. The van der Waals surface area contributed by atoms with Gasteiger partial charge >= 0.3 is 12.1 Å². The van der Waals surface area contributed by atoms with Crippen LogP contribution in [0, 0.1) is 0 Å². The van der Waals surface area contributed by atoms with E-state index in [0.29, 0.717) is 5.56 Å². The first kappa shape index (κ1) is 19.5. The molecule has 1 aliphatic rings. The molecular formula is C17H8Cl2F3NO3S. The van der Waals surface area contributed by atoms with Gasteiger partial charge in [0.25, 0.3) is 5.17 Å². The predicted molar refractivity (Wildman–Crippen MR) is 98.7 cm³/mol. The normalized spacial score (nSPS) is 16.2. The van der Waals surface area contributed by atoms with Crippen LogP contribution in [0.25, 0.3) is 6.08 Å². The quantitative estimate of drug-likeness (QED) is 0.508. The molecule has 1 N–H and O–H groups in total. The minimum Gasteiger partial charge on any atom is -0.505 e. The smallest absolute Gasteiger partial charge is 0.416 e. The van der Waals surface area contributed by atoms with Crippen LogP contribution in [-0.2, 0) is 15.7 Å². The van der Waals surface area contributed by atoms with Crippen LogP contribution < -0.4 is 4.90 Å². The second-order valence-corrected chi connectivity index (χ2v) is 6.56. The molecule has 140 valence electrons. The molecule has 1 saturated heterocycles. The molecule has 0 aliphatic carbocycles. The molecule has 0 spiro atoms. The maximum Gasteiger partial charge on any atom is 0.416 e. The van der Waals surface area contributed by atoms with Gasteiger partial charge in [-0.3, -0.25) is 4.79 Å². The van der Waals surface area contributed by atoms with Crippen molar-refractivity contribution in [1.29, 1.82) is 0 Å². The predicted octanol–water partition coefficient (Wildman–Crippen LogP) is 5.41. The van der Waals surface area contributed by atoms with E-state index >= 15 is 0 Å². The van der Waals surface area contributed by atoms with Gasteiger partial charge < -0.3 is 9.84 Å². The number of alkyl halides is 3. The van der Waals surface area contributed by atoms with E-state index in [4.69, 9.17) is 40.2 Å². The molecule has 0 unspecified atom stereocenters. The lowest BCUT2D eigenvalue weighted by molar-refractivity contribution is -0.137. The highest BCUT2D eigenvalue weighted by Gasteiger charge is 2.36. The fourth-order valence-electron chi connectivity index (χ4n) is 2.31. The average Bonchev–Trinajstić information content (AvgIpc) is 2.85. The molecule has 0 aromatic heterocycles. The van der Waals surface area contributed by atoms with Gasteiger partial charge in [-0.1, -0.05) is 23.2 Å². The molecule has 0 saturated carbocycles. The number of amides is 1. The van der Waals surface area contributed by atoms with Gasteiger partial charge in [0.1, 0.15) is 0 Å². The molecule has 2 aromatic rings. The van der Waals surface area contributed by atoms with E-state index in [1.54, 1.807) is 0 Å². The lowest BCUT2D eigenvalue weighted by Crippen LogP contribution is -2.28. The third-order valence-electron chi connectivity index (χ3n) is 3.58. The number of rotatable bonds is 2. The number of carbonyl (C=O) groups excluding carboxylic acids is 1. The van der Waals surface area contributed by atoms with E-state index in [2.05, 4.69) is 0 Å². The summed E-state index contributed by atoms with van der Waals surface area (Å²) in [7, 11) is 0. The molecule has 1 fully saturated rings. The molecule has 3 rings (SSSR count). The van der Waals surface area contributed by atoms with E-state index in [1.807, 2.05) is 0 Å². The lowest BCUT2D eigenvalue weighted by Gasteiger charge is -2.13. The van der Waals surface area contributed by atoms with Crippen molar-refractivity contribution >= 4 is 58.3 Å². The van der Waals surface area contributed by atoms with Crippen molar-refractivity contribution < 1.29 is 27.8 Å². The zero-order chi connectivity index (χ0) is 19.9. The molecule has 0 radical (unpaired) electrons. The van der Waals surface area contributed by atoms with Crippen molar-refractivity contribution in [2.75, 3.05) is 4.90 Å². The summed E-state index contributed by atoms with van der Waals surface area (Å²) in [4.78, 5) is 13.5. The summed E-state index contributed by atoms with van der Waals surface area (Å²) >= 11 is 16.7. The Labute approximate surface area is 166 Å². The molecular weight excluding hydrogens is 426 g/mol. The largest absolute Gasteiger partial charge is 0.505 e. The van der Waals surface area contributed by atoms with Crippen LogP contribution in [0.4, 0.5) is 18.9 Å². The average molecular weight is 434 g/mol. The Morgan fingerprint density at radius 1 is 1.11 bits per heavy atom. The van der Waals surface area contributed by atoms with Gasteiger partial charge in [-0.25, -0.2) is 4.90 Å². The Hall–Kier alpha value is -2.29. The summed E-state index contributed by atoms with van der Waals surface area (Å²) in [6.45, 7) is 0. The van der Waals surface area contributed by atoms with E-state index in [1.165, 1.54) is 18.2 Å². The highest BCUT2D eigenvalue weighted by molar-refractivity contribution is 7.80. The molecule has 27 heavy (non-hydrogen) atoms. The van der Waals surface area contributed by atoms with Crippen molar-refractivity contribution in [3.05, 3.63) is 63.3 Å². The number of ether oxygens (including phenoxy) is 1. The van der Waals surface area contributed by atoms with Gasteiger partial charge in [-0.05, 0) is 60.3 Å². The number of phenols is 1. The van der Waals surface area contributed by atoms with Crippen LogP contribution in [0.5, 0.6) is 5.75 Å². The highest BCUT2D eigenvalue weighted by Crippen LogP contribution is 2.35. The highest BCUT2D eigenvalue weighted by atomic mass is 35.5. The van der Waals surface area contributed by atoms with Gasteiger partial charge in [-0.2, -0.15) is 13.2 Å². The number of benzene rings is 2. The lowest BCUT2D eigenvalue weighted by atomic mass is 10.1. The summed E-state index contributed by atoms with van der Waals surface area (Å²) in [6.07, 6.45) is -3.19. The third kappa shape index (κ3) is 3.87. The Morgan fingerprint density at radius 3 is 2.19 bits per heavy atom. The first-order valence-corrected chi connectivity index (χ1v) is 8.37. The fraction of sp³-hybridized carbons (Fsp3) is 0.0588. The van der Waals surface area contributed by atoms with Crippen molar-refractivity contribution in [3.8, 4) is 5.75 Å². The summed E-state index contributed by atoms with van der Waals surface area (Å²) in [5.74, 6) is -1.14. The fourth-order valence-corrected chi connectivity index (χ4v) is 3.09. The number of hydrogen-bond donors (Lipinski definition) is 1. The van der Waals surface area contributed by atoms with Crippen LogP contribution in [0.2, 0.25) is 10.0 Å². The zero-order valence-electron chi connectivity index (χ0n) is 13.1. The van der Waals surface area contributed by atoms with Gasteiger partial charge in [0.05, 0.1) is 21.3 Å². The number of hydrogen-bond acceptors (Lipinski definition) is 4. The Morgan fingerprint density at radius 2 is 1.67 bits per heavy atom. The van der Waals surface area contributed by atoms with Crippen molar-refractivity contribution in [1.82, 2.24) is 0 Å². The summed E-state index contributed by atoms with van der Waals surface area (Å²) in [5.41, 5.74) is -0.361. The van der Waals surface area contributed by atoms with E-state index in [0.717, 1.165) is 29.2 Å². The Bertz CT molecular complexity index is 951. The second-order valence-electron chi connectivity index (χ2n) is 5.39. The van der Waals surface area contributed by atoms with Crippen LogP contribution in [0.1, 0.15) is 11.1 Å². The van der Waals surface area contributed by atoms with Crippen LogP contribution in [0.15, 0.2) is 42.2 Å². The third-order valence-corrected chi connectivity index (χ3v) is 4.43. The number of aromatic hydroxyl groups is 1. The zero-order valence-corrected chi connectivity index (χ0v) is 15.4. The van der Waals surface area contributed by atoms with Gasteiger partial charge in [0, 0.05) is 0 Å². The minimum absolute atomic E-state index is 0.0260. The number of halogens is 5. The Balaban J connectivity index is 1.91. The topological polar surface area (TPSA) is 49.8 Å². The number of carbonyl (C=O) groups is 1. The van der Waals surface area contributed by atoms with Crippen LogP contribution in [-0.4, -0.2) is 16.2 Å². The molecule has 1 aliphatic heterocycles. The molecule has 0 atom stereocenters. The maximum absolute atomic E-state index is 12.7. The summed E-state index contributed by atoms with van der Waals surface area (Å²) in [6, 6.07) is 6.63. The molecule has 10 heteroatoms. The first-order valence-electron chi connectivity index (χ1n) is 7.21. The molecule has 1 heterocycles. The maximum atomic E-state index is 12.7. The molecule has 0 bridgehead atoms. The summed E-state index contributed by atoms with van der Waals surface area (Å²) < 4.78 is 43.3. The van der Waals surface area contributed by atoms with Gasteiger partial charge in [0.15, 0.2) is 11.5 Å². The van der Waals surface area contributed by atoms with Gasteiger partial charge in [-0.15, -0.1) is 0 Å². The number of phenolic OH excluding ortho intramolecular Hbond substituents is 1. The molecule has 1 amide bonds. The number of thiocarbonyl (C=S) groups is 1. The van der Waals surface area contributed by atoms with Gasteiger partial charge in [0.2, 0.25) is 0 Å².